The van der Waals surface area contributed by atoms with Gasteiger partial charge in [-0.2, -0.15) is 0 Å². The van der Waals surface area contributed by atoms with Crippen LogP contribution >= 0.6 is 0 Å². The van der Waals surface area contributed by atoms with Crippen LogP contribution in [0.3, 0.4) is 0 Å². The number of nitrogens with one attached hydrogen (secondary N) is 1. The molecule has 4 nitrogen and oxygen atoms in total. The maximum absolute atomic E-state index is 5.07. The number of aliphatic imine (C=N–C) groups is 2. The highest BCUT2D eigenvalue weighted by Gasteiger charge is 2.21. The number of para-hydroxylation sites is 2. The van der Waals surface area contributed by atoms with Gasteiger partial charge in [0.05, 0.1) is 11.0 Å². The van der Waals surface area contributed by atoms with E-state index in [-0.39, 0.29) is 6.17 Å². The molecule has 0 radical (unpaired) electrons. The molecule has 0 saturated carbocycles. The molecule has 5 aromatic carbocycles. The molecular formula is C33H24N4. The molecule has 1 N–H and O–H groups in total. The Hall–Kier alpha value is -4.96. The monoisotopic (exact) mass is 476 g/mol. The third-order valence-corrected chi connectivity index (χ3v) is 6.85. The second kappa shape index (κ2) is 8.92. The number of nitrogens with zero attached hydrogens (tertiary/aromatic N) is 3. The van der Waals surface area contributed by atoms with Gasteiger partial charge >= 0.3 is 0 Å². The van der Waals surface area contributed by atoms with Crippen molar-refractivity contribution in [2.24, 2.45) is 9.98 Å². The lowest BCUT2D eigenvalue weighted by Gasteiger charge is -2.22. The molecule has 0 bridgehead atoms. The molecule has 37 heavy (non-hydrogen) atoms. The van der Waals surface area contributed by atoms with Crippen molar-refractivity contribution in [3.05, 3.63) is 150 Å². The Morgan fingerprint density at radius 3 is 1.86 bits per heavy atom. The van der Waals surface area contributed by atoms with Gasteiger partial charge in [-0.25, -0.2) is 9.98 Å². The molecule has 1 aliphatic rings. The van der Waals surface area contributed by atoms with Crippen molar-refractivity contribution >= 4 is 33.5 Å². The quantitative estimate of drug-likeness (QED) is 0.285. The minimum Gasteiger partial charge on any atom is -0.324 e. The van der Waals surface area contributed by atoms with Gasteiger partial charge in [-0.05, 0) is 29.8 Å². The number of benzene rings is 5. The third kappa shape index (κ3) is 3.80. The number of rotatable bonds is 4. The number of hydrogen-bond donors (Lipinski definition) is 1. The largest absolute Gasteiger partial charge is 0.324 e. The smallest absolute Gasteiger partial charge is 0.169 e. The molecule has 1 aromatic heterocycles. The first-order valence-corrected chi connectivity index (χ1v) is 12.5. The highest BCUT2D eigenvalue weighted by atomic mass is 15.2. The van der Waals surface area contributed by atoms with E-state index in [1.165, 1.54) is 16.3 Å². The average molecular weight is 477 g/mol. The van der Waals surface area contributed by atoms with E-state index in [4.69, 9.17) is 9.98 Å². The van der Waals surface area contributed by atoms with Crippen LogP contribution in [0, 0.1) is 0 Å². The summed E-state index contributed by atoms with van der Waals surface area (Å²) in [6.07, 6.45) is -0.316. The summed E-state index contributed by atoms with van der Waals surface area (Å²) < 4.78 is 2.33. The van der Waals surface area contributed by atoms with Crippen molar-refractivity contribution in [3.63, 3.8) is 0 Å². The Bertz CT molecular complexity index is 1780. The standard InChI is InChI=1S/C33H24N4/c1-4-12-23(13-5-1)31-34-32(24-14-6-2-7-15-24)36-33(35-31)25-20-21-28-27-18-10-11-19-29(27)37(30(28)22-25)26-16-8-3-9-17-26/h1-22,31H,(H,34,35,36). The Morgan fingerprint density at radius 2 is 1.11 bits per heavy atom. The van der Waals surface area contributed by atoms with Crippen LogP contribution in [0.2, 0.25) is 0 Å². The van der Waals surface area contributed by atoms with Crippen molar-refractivity contribution in [1.82, 2.24) is 9.88 Å². The molecule has 1 aliphatic heterocycles. The van der Waals surface area contributed by atoms with Gasteiger partial charge in [-0.1, -0.05) is 109 Å². The Labute approximate surface area is 215 Å². The van der Waals surface area contributed by atoms with Crippen molar-refractivity contribution < 1.29 is 0 Å². The van der Waals surface area contributed by atoms with Gasteiger partial charge in [-0.3, -0.25) is 0 Å². The SMILES string of the molecule is c1ccc(C2=NC(c3ccccc3)N=C(c3ccc4c5ccccc5n(-c5ccccc5)c4c3)N2)cc1. The van der Waals surface area contributed by atoms with Gasteiger partial charge in [0.25, 0.3) is 0 Å². The second-order valence-electron chi connectivity index (χ2n) is 9.15. The first-order chi connectivity index (χ1) is 18.3. The second-order valence-corrected chi connectivity index (χ2v) is 9.15. The van der Waals surface area contributed by atoms with E-state index < -0.39 is 0 Å². The lowest BCUT2D eigenvalue weighted by Crippen LogP contribution is -2.36. The summed E-state index contributed by atoms with van der Waals surface area (Å²) in [5.74, 6) is 1.64. The number of fused-ring (bicyclic) bond motifs is 3. The van der Waals surface area contributed by atoms with Gasteiger partial charge in [0, 0.05) is 27.6 Å². The van der Waals surface area contributed by atoms with Crippen LogP contribution in [-0.4, -0.2) is 16.2 Å². The molecule has 176 valence electrons. The van der Waals surface area contributed by atoms with Crippen molar-refractivity contribution in [2.45, 2.75) is 6.17 Å². The van der Waals surface area contributed by atoms with E-state index >= 15 is 0 Å². The van der Waals surface area contributed by atoms with Crippen LogP contribution in [0.1, 0.15) is 22.9 Å². The molecule has 6 aromatic rings. The molecular weight excluding hydrogens is 452 g/mol. The molecule has 2 heterocycles. The number of hydrogen-bond acceptors (Lipinski definition) is 3. The molecule has 0 aliphatic carbocycles. The predicted octanol–water partition coefficient (Wildman–Crippen LogP) is 7.28. The Morgan fingerprint density at radius 1 is 0.514 bits per heavy atom. The summed E-state index contributed by atoms with van der Waals surface area (Å²) in [6.45, 7) is 0. The van der Waals surface area contributed by atoms with E-state index in [1.54, 1.807) is 0 Å². The van der Waals surface area contributed by atoms with E-state index in [0.717, 1.165) is 39.6 Å². The van der Waals surface area contributed by atoms with Gasteiger partial charge in [-0.15, -0.1) is 0 Å². The Kier molecular flexibility index (Phi) is 5.14. The van der Waals surface area contributed by atoms with Gasteiger partial charge < -0.3 is 9.88 Å². The topological polar surface area (TPSA) is 41.7 Å². The van der Waals surface area contributed by atoms with Gasteiger partial charge in [0.2, 0.25) is 0 Å². The summed E-state index contributed by atoms with van der Waals surface area (Å²) in [7, 11) is 0. The van der Waals surface area contributed by atoms with Crippen LogP contribution < -0.4 is 5.32 Å². The lowest BCUT2D eigenvalue weighted by molar-refractivity contribution is 0.756. The maximum atomic E-state index is 5.07. The minimum absolute atomic E-state index is 0.316. The van der Waals surface area contributed by atoms with Crippen LogP contribution in [0.25, 0.3) is 27.5 Å². The summed E-state index contributed by atoms with van der Waals surface area (Å²) in [4.78, 5) is 10.0. The lowest BCUT2D eigenvalue weighted by atomic mass is 10.1. The molecule has 0 amide bonds. The van der Waals surface area contributed by atoms with Crippen molar-refractivity contribution in [3.8, 4) is 5.69 Å². The van der Waals surface area contributed by atoms with Crippen LogP contribution in [0.4, 0.5) is 0 Å². The van der Waals surface area contributed by atoms with E-state index in [9.17, 15) is 0 Å². The molecule has 1 unspecified atom stereocenters. The van der Waals surface area contributed by atoms with E-state index in [2.05, 4.69) is 107 Å². The third-order valence-electron chi connectivity index (χ3n) is 6.85. The molecule has 0 saturated heterocycles. The maximum Gasteiger partial charge on any atom is 0.169 e. The summed E-state index contributed by atoms with van der Waals surface area (Å²) >= 11 is 0. The van der Waals surface area contributed by atoms with E-state index in [0.29, 0.717) is 0 Å². The zero-order valence-corrected chi connectivity index (χ0v) is 20.1. The van der Waals surface area contributed by atoms with Gasteiger partial charge in [0.15, 0.2) is 6.17 Å². The van der Waals surface area contributed by atoms with Crippen LogP contribution in [-0.2, 0) is 0 Å². The zero-order valence-electron chi connectivity index (χ0n) is 20.1. The summed E-state index contributed by atoms with van der Waals surface area (Å²) in [5, 5.41) is 5.99. The predicted molar refractivity (Wildman–Crippen MR) is 153 cm³/mol. The minimum atomic E-state index is -0.316. The van der Waals surface area contributed by atoms with Crippen LogP contribution in [0.15, 0.2) is 143 Å². The van der Waals surface area contributed by atoms with Crippen molar-refractivity contribution in [2.75, 3.05) is 0 Å². The highest BCUT2D eigenvalue weighted by molar-refractivity contribution is 6.18. The number of aromatic nitrogens is 1. The fraction of sp³-hybridized carbons (Fsp3) is 0.0303. The van der Waals surface area contributed by atoms with E-state index in [1.807, 2.05) is 36.4 Å². The molecule has 0 spiro atoms. The van der Waals surface area contributed by atoms with Crippen molar-refractivity contribution in [1.29, 1.82) is 0 Å². The summed E-state index contributed by atoms with van der Waals surface area (Å²) in [5.41, 5.74) is 6.60. The molecule has 1 atom stereocenters. The number of amidine groups is 2. The molecule has 7 rings (SSSR count). The normalized spacial score (nSPS) is 15.3. The highest BCUT2D eigenvalue weighted by Crippen LogP contribution is 2.33. The molecule has 4 heteroatoms. The van der Waals surface area contributed by atoms with Crippen LogP contribution in [0.5, 0.6) is 0 Å². The Balaban J connectivity index is 1.41. The summed E-state index contributed by atoms with van der Waals surface area (Å²) in [6, 6.07) is 46.2. The first-order valence-electron chi connectivity index (χ1n) is 12.5. The fourth-order valence-corrected chi connectivity index (χ4v) is 5.09. The average Bonchev–Trinajstić information content (AvgIpc) is 3.32. The fourth-order valence-electron chi connectivity index (χ4n) is 5.09. The van der Waals surface area contributed by atoms with Gasteiger partial charge in [0.1, 0.15) is 11.7 Å². The first kappa shape index (κ1) is 21.3. The molecule has 0 fully saturated rings. The zero-order chi connectivity index (χ0) is 24.6.